The molecule has 0 saturated heterocycles. The highest BCUT2D eigenvalue weighted by atomic mass is 16.5. The van der Waals surface area contributed by atoms with Crippen LogP contribution >= 0.6 is 0 Å². The molecule has 1 aromatic carbocycles. The Bertz CT molecular complexity index is 372. The van der Waals surface area contributed by atoms with E-state index in [0.717, 1.165) is 24.8 Å². The smallest absolute Gasteiger partial charge is 0.123 e. The minimum atomic E-state index is 0.116. The molecule has 3 N–H and O–H groups in total. The van der Waals surface area contributed by atoms with E-state index in [0.29, 0.717) is 18.0 Å². The molecule has 1 aliphatic rings. The highest BCUT2D eigenvalue weighted by Gasteiger charge is 2.39. The van der Waals surface area contributed by atoms with Crippen LogP contribution in [0.1, 0.15) is 31.2 Å². The quantitative estimate of drug-likeness (QED) is 0.819. The molecule has 1 fully saturated rings. The van der Waals surface area contributed by atoms with Gasteiger partial charge in [-0.15, -0.1) is 0 Å². The van der Waals surface area contributed by atoms with E-state index in [1.165, 1.54) is 6.42 Å². The summed E-state index contributed by atoms with van der Waals surface area (Å²) in [5, 5.41) is 10.0. The van der Waals surface area contributed by atoms with Crippen molar-refractivity contribution in [3.63, 3.8) is 0 Å². The third kappa shape index (κ3) is 1.76. The molecule has 0 atom stereocenters. The van der Waals surface area contributed by atoms with Gasteiger partial charge in [-0.25, -0.2) is 0 Å². The van der Waals surface area contributed by atoms with Gasteiger partial charge < -0.3 is 15.6 Å². The van der Waals surface area contributed by atoms with Crippen molar-refractivity contribution in [3.8, 4) is 11.5 Å². The SMILES string of the molecule is COc1ccc(C2(CCN)CCC2)c(O)c1. The van der Waals surface area contributed by atoms with Crippen LogP contribution in [0.3, 0.4) is 0 Å². The first-order valence-corrected chi connectivity index (χ1v) is 5.79. The maximum Gasteiger partial charge on any atom is 0.123 e. The van der Waals surface area contributed by atoms with Crippen molar-refractivity contribution >= 4 is 0 Å². The van der Waals surface area contributed by atoms with Crippen molar-refractivity contribution < 1.29 is 9.84 Å². The van der Waals surface area contributed by atoms with E-state index < -0.39 is 0 Å². The van der Waals surface area contributed by atoms with Crippen LogP contribution in [-0.4, -0.2) is 18.8 Å². The molecule has 16 heavy (non-hydrogen) atoms. The lowest BCUT2D eigenvalue weighted by atomic mass is 9.62. The van der Waals surface area contributed by atoms with Crippen LogP contribution in [0.2, 0.25) is 0 Å². The van der Waals surface area contributed by atoms with E-state index in [-0.39, 0.29) is 5.41 Å². The summed E-state index contributed by atoms with van der Waals surface area (Å²) in [5.74, 6) is 1.04. The second-order valence-electron chi connectivity index (χ2n) is 4.56. The maximum atomic E-state index is 10.0. The van der Waals surface area contributed by atoms with Crippen LogP contribution < -0.4 is 10.5 Å². The van der Waals surface area contributed by atoms with Gasteiger partial charge in [-0.3, -0.25) is 0 Å². The van der Waals surface area contributed by atoms with Crippen LogP contribution in [0.4, 0.5) is 0 Å². The molecule has 3 heteroatoms. The molecule has 0 unspecified atom stereocenters. The Kier molecular flexibility index (Phi) is 3.06. The van der Waals surface area contributed by atoms with Gasteiger partial charge in [-0.05, 0) is 31.9 Å². The summed E-state index contributed by atoms with van der Waals surface area (Å²) >= 11 is 0. The van der Waals surface area contributed by atoms with E-state index in [1.54, 1.807) is 13.2 Å². The zero-order valence-corrected chi connectivity index (χ0v) is 9.70. The van der Waals surface area contributed by atoms with Crippen LogP contribution in [0.5, 0.6) is 11.5 Å². The number of phenolic OH excluding ortho intramolecular Hbond substituents is 1. The van der Waals surface area contributed by atoms with Crippen LogP contribution in [0.15, 0.2) is 18.2 Å². The molecule has 1 saturated carbocycles. The minimum absolute atomic E-state index is 0.116. The van der Waals surface area contributed by atoms with Gasteiger partial charge in [0.2, 0.25) is 0 Å². The summed E-state index contributed by atoms with van der Waals surface area (Å²) in [6.07, 6.45) is 4.44. The summed E-state index contributed by atoms with van der Waals surface area (Å²) in [5.41, 5.74) is 6.81. The van der Waals surface area contributed by atoms with Gasteiger partial charge in [0.1, 0.15) is 11.5 Å². The van der Waals surface area contributed by atoms with Gasteiger partial charge >= 0.3 is 0 Å². The highest BCUT2D eigenvalue weighted by molar-refractivity contribution is 5.45. The van der Waals surface area contributed by atoms with Crippen LogP contribution in [0.25, 0.3) is 0 Å². The predicted molar refractivity (Wildman–Crippen MR) is 63.9 cm³/mol. The van der Waals surface area contributed by atoms with Crippen molar-refractivity contribution in [2.24, 2.45) is 5.73 Å². The fourth-order valence-corrected chi connectivity index (χ4v) is 2.62. The topological polar surface area (TPSA) is 55.5 Å². The normalized spacial score (nSPS) is 17.9. The molecule has 1 aliphatic carbocycles. The fourth-order valence-electron chi connectivity index (χ4n) is 2.62. The molecular weight excluding hydrogens is 202 g/mol. The average Bonchev–Trinajstić information content (AvgIpc) is 2.24. The number of rotatable bonds is 4. The van der Waals surface area contributed by atoms with E-state index in [9.17, 15) is 5.11 Å². The Morgan fingerprint density at radius 3 is 2.62 bits per heavy atom. The van der Waals surface area contributed by atoms with E-state index in [4.69, 9.17) is 10.5 Å². The molecule has 0 spiro atoms. The molecule has 0 aliphatic heterocycles. The van der Waals surface area contributed by atoms with Gasteiger partial charge in [-0.2, -0.15) is 0 Å². The Morgan fingerprint density at radius 1 is 1.44 bits per heavy atom. The van der Waals surface area contributed by atoms with E-state index >= 15 is 0 Å². The summed E-state index contributed by atoms with van der Waals surface area (Å²) in [6.45, 7) is 0.672. The van der Waals surface area contributed by atoms with Gasteiger partial charge in [0, 0.05) is 17.0 Å². The van der Waals surface area contributed by atoms with Crippen molar-refractivity contribution in [1.29, 1.82) is 0 Å². The summed E-state index contributed by atoms with van der Waals surface area (Å²) in [7, 11) is 1.60. The number of aromatic hydroxyl groups is 1. The molecule has 0 bridgehead atoms. The number of methoxy groups -OCH3 is 1. The van der Waals surface area contributed by atoms with Crippen LogP contribution in [0, 0.1) is 0 Å². The standard InChI is InChI=1S/C13H19NO2/c1-16-10-3-4-11(12(15)9-10)13(7-8-14)5-2-6-13/h3-4,9,15H,2,5-8,14H2,1H3. The third-order valence-corrected chi connectivity index (χ3v) is 3.71. The largest absolute Gasteiger partial charge is 0.508 e. The molecular formula is C13H19NO2. The van der Waals surface area contributed by atoms with E-state index in [1.807, 2.05) is 12.1 Å². The van der Waals surface area contributed by atoms with Crippen LogP contribution in [-0.2, 0) is 5.41 Å². The lowest BCUT2D eigenvalue weighted by Gasteiger charge is -2.42. The van der Waals surface area contributed by atoms with Crippen molar-refractivity contribution in [2.75, 3.05) is 13.7 Å². The molecule has 0 heterocycles. The monoisotopic (exact) mass is 221 g/mol. The van der Waals surface area contributed by atoms with Crippen molar-refractivity contribution in [3.05, 3.63) is 23.8 Å². The molecule has 0 radical (unpaired) electrons. The third-order valence-electron chi connectivity index (χ3n) is 3.71. The van der Waals surface area contributed by atoms with E-state index in [2.05, 4.69) is 0 Å². The van der Waals surface area contributed by atoms with Gasteiger partial charge in [-0.1, -0.05) is 12.5 Å². The zero-order chi connectivity index (χ0) is 11.6. The van der Waals surface area contributed by atoms with Gasteiger partial charge in [0.15, 0.2) is 0 Å². The second-order valence-corrected chi connectivity index (χ2v) is 4.56. The molecule has 88 valence electrons. The summed E-state index contributed by atoms with van der Waals surface area (Å²) < 4.78 is 5.09. The maximum absolute atomic E-state index is 10.0. The molecule has 3 nitrogen and oxygen atoms in total. The zero-order valence-electron chi connectivity index (χ0n) is 9.70. The summed E-state index contributed by atoms with van der Waals surface area (Å²) in [4.78, 5) is 0. The van der Waals surface area contributed by atoms with Gasteiger partial charge in [0.05, 0.1) is 7.11 Å². The van der Waals surface area contributed by atoms with Crippen molar-refractivity contribution in [1.82, 2.24) is 0 Å². The highest BCUT2D eigenvalue weighted by Crippen LogP contribution is 2.49. The number of hydrogen-bond acceptors (Lipinski definition) is 3. The Hall–Kier alpha value is -1.22. The second kappa shape index (κ2) is 4.34. The minimum Gasteiger partial charge on any atom is -0.508 e. The lowest BCUT2D eigenvalue weighted by molar-refractivity contribution is 0.222. The van der Waals surface area contributed by atoms with Crippen molar-refractivity contribution in [2.45, 2.75) is 31.1 Å². The Balaban J connectivity index is 2.31. The average molecular weight is 221 g/mol. The predicted octanol–water partition coefficient (Wildman–Crippen LogP) is 2.17. The molecule has 2 rings (SSSR count). The van der Waals surface area contributed by atoms with Gasteiger partial charge in [0.25, 0.3) is 0 Å². The first-order valence-electron chi connectivity index (χ1n) is 5.79. The molecule has 1 aromatic rings. The molecule has 0 aromatic heterocycles. The number of phenols is 1. The lowest BCUT2D eigenvalue weighted by Crippen LogP contribution is -2.36. The first kappa shape index (κ1) is 11.3. The first-order chi connectivity index (χ1) is 7.72. The number of benzene rings is 1. The fraction of sp³-hybridized carbons (Fsp3) is 0.538. The number of hydrogen-bond donors (Lipinski definition) is 2. The summed E-state index contributed by atoms with van der Waals surface area (Å²) in [6, 6.07) is 5.57. The Morgan fingerprint density at radius 2 is 2.19 bits per heavy atom. The molecule has 0 amide bonds. The number of ether oxygens (including phenoxy) is 1. The Labute approximate surface area is 96.2 Å². The number of nitrogens with two attached hydrogens (primary N) is 1.